The first-order valence-electron chi connectivity index (χ1n) is 5.38. The van der Waals surface area contributed by atoms with Gasteiger partial charge in [0.2, 0.25) is 5.95 Å². The van der Waals surface area contributed by atoms with Crippen LogP contribution in [0.5, 0.6) is 0 Å². The number of aromatic nitrogens is 2. The minimum absolute atomic E-state index is 0.180. The zero-order valence-electron chi connectivity index (χ0n) is 9.94. The third kappa shape index (κ3) is 1.71. The molecule has 5 nitrogen and oxygen atoms in total. The summed E-state index contributed by atoms with van der Waals surface area (Å²) in [4.78, 5) is 10.3. The average Bonchev–Trinajstić information content (AvgIpc) is 2.36. The minimum atomic E-state index is -0.735. The van der Waals surface area contributed by atoms with Gasteiger partial charge in [0.05, 0.1) is 5.60 Å². The summed E-state index contributed by atoms with van der Waals surface area (Å²) in [5, 5.41) is 10.3. The average molecular weight is 222 g/mol. The van der Waals surface area contributed by atoms with Crippen molar-refractivity contribution in [2.75, 3.05) is 23.7 Å². The van der Waals surface area contributed by atoms with Crippen LogP contribution in [0.1, 0.15) is 20.8 Å². The molecule has 1 aromatic rings. The molecular formula is C11H18N4O. The predicted octanol–water partition coefficient (Wildman–Crippen LogP) is 0.656. The van der Waals surface area contributed by atoms with E-state index >= 15 is 0 Å². The maximum Gasteiger partial charge on any atom is 0.227 e. The number of nitrogens with zero attached hydrogens (tertiary/aromatic N) is 3. The lowest BCUT2D eigenvalue weighted by Crippen LogP contribution is -2.40. The molecule has 2 rings (SSSR count). The van der Waals surface area contributed by atoms with Crippen LogP contribution in [0, 0.1) is 5.41 Å². The Hall–Kier alpha value is -1.36. The molecule has 88 valence electrons. The van der Waals surface area contributed by atoms with Crippen molar-refractivity contribution >= 4 is 11.8 Å². The van der Waals surface area contributed by atoms with E-state index in [2.05, 4.69) is 9.97 Å². The molecule has 1 atom stereocenters. The number of hydrogen-bond acceptors (Lipinski definition) is 5. The monoisotopic (exact) mass is 222 g/mol. The fourth-order valence-electron chi connectivity index (χ4n) is 1.94. The van der Waals surface area contributed by atoms with Crippen LogP contribution in [0.15, 0.2) is 12.3 Å². The highest BCUT2D eigenvalue weighted by molar-refractivity contribution is 5.40. The van der Waals surface area contributed by atoms with Gasteiger partial charge in [-0.3, -0.25) is 0 Å². The van der Waals surface area contributed by atoms with E-state index in [0.717, 1.165) is 6.54 Å². The molecular weight excluding hydrogens is 204 g/mol. The maximum atomic E-state index is 10.3. The summed E-state index contributed by atoms with van der Waals surface area (Å²) in [5.74, 6) is 1.04. The molecule has 0 amide bonds. The van der Waals surface area contributed by atoms with Gasteiger partial charge in [0.25, 0.3) is 0 Å². The number of rotatable bonds is 1. The zero-order valence-corrected chi connectivity index (χ0v) is 9.94. The molecule has 0 unspecified atom stereocenters. The van der Waals surface area contributed by atoms with Crippen LogP contribution >= 0.6 is 0 Å². The molecule has 1 saturated heterocycles. The molecule has 5 heteroatoms. The quantitative estimate of drug-likeness (QED) is 0.730. The van der Waals surface area contributed by atoms with Crippen molar-refractivity contribution < 1.29 is 5.11 Å². The van der Waals surface area contributed by atoms with Crippen molar-refractivity contribution in [2.24, 2.45) is 5.41 Å². The van der Waals surface area contributed by atoms with Crippen molar-refractivity contribution in [3.05, 3.63) is 12.3 Å². The Labute approximate surface area is 95.3 Å². The molecule has 1 aromatic heterocycles. The second-order valence-electron chi connectivity index (χ2n) is 5.30. The summed E-state index contributed by atoms with van der Waals surface area (Å²) in [7, 11) is 0. The lowest BCUT2D eigenvalue weighted by Gasteiger charge is -2.30. The van der Waals surface area contributed by atoms with E-state index in [1.807, 2.05) is 25.7 Å². The molecule has 1 fully saturated rings. The Balaban J connectivity index is 2.27. The molecule has 1 aliphatic heterocycles. The molecule has 2 heterocycles. The van der Waals surface area contributed by atoms with Crippen LogP contribution in [0.3, 0.4) is 0 Å². The molecule has 16 heavy (non-hydrogen) atoms. The van der Waals surface area contributed by atoms with E-state index in [-0.39, 0.29) is 5.41 Å². The SMILES string of the molecule is CC1(C)CN(c2nccc(N)n2)C[C@@]1(C)O. The first-order valence-corrected chi connectivity index (χ1v) is 5.38. The highest BCUT2D eigenvalue weighted by atomic mass is 16.3. The van der Waals surface area contributed by atoms with E-state index < -0.39 is 5.60 Å². The highest BCUT2D eigenvalue weighted by Crippen LogP contribution is 2.39. The van der Waals surface area contributed by atoms with Gasteiger partial charge in [-0.25, -0.2) is 4.98 Å². The maximum absolute atomic E-state index is 10.3. The number of β-amino-alcohol motifs (C(OH)–C–C–N with tert-alkyl or cyclic N) is 1. The lowest BCUT2D eigenvalue weighted by atomic mass is 9.79. The summed E-state index contributed by atoms with van der Waals surface area (Å²) in [6.45, 7) is 7.19. The van der Waals surface area contributed by atoms with Gasteiger partial charge < -0.3 is 15.7 Å². The van der Waals surface area contributed by atoms with Gasteiger partial charge in [-0.05, 0) is 13.0 Å². The molecule has 0 spiro atoms. The Morgan fingerprint density at radius 3 is 2.56 bits per heavy atom. The summed E-state index contributed by atoms with van der Waals surface area (Å²) in [6, 6.07) is 1.66. The molecule has 3 N–H and O–H groups in total. The van der Waals surface area contributed by atoms with Crippen LogP contribution < -0.4 is 10.6 Å². The first-order chi connectivity index (χ1) is 7.32. The fourth-order valence-corrected chi connectivity index (χ4v) is 1.94. The number of aliphatic hydroxyl groups is 1. The topological polar surface area (TPSA) is 75.3 Å². The third-order valence-corrected chi connectivity index (χ3v) is 3.49. The third-order valence-electron chi connectivity index (χ3n) is 3.49. The number of hydrogen-bond donors (Lipinski definition) is 2. The van der Waals surface area contributed by atoms with Crippen molar-refractivity contribution in [1.29, 1.82) is 0 Å². The Bertz CT molecular complexity index is 387. The molecule has 0 radical (unpaired) electrons. The van der Waals surface area contributed by atoms with Crippen LogP contribution in [0.2, 0.25) is 0 Å². The van der Waals surface area contributed by atoms with Crippen LogP contribution in [-0.2, 0) is 0 Å². The van der Waals surface area contributed by atoms with E-state index in [0.29, 0.717) is 18.3 Å². The number of nitrogen functional groups attached to an aromatic ring is 1. The summed E-state index contributed by atoms with van der Waals surface area (Å²) in [6.07, 6.45) is 1.64. The van der Waals surface area contributed by atoms with Gasteiger partial charge >= 0.3 is 0 Å². The molecule has 0 aliphatic carbocycles. The van der Waals surface area contributed by atoms with Gasteiger partial charge in [-0.15, -0.1) is 0 Å². The molecule has 1 aliphatic rings. The highest BCUT2D eigenvalue weighted by Gasteiger charge is 2.48. The van der Waals surface area contributed by atoms with E-state index in [9.17, 15) is 5.11 Å². The summed E-state index contributed by atoms with van der Waals surface area (Å²) >= 11 is 0. The fraction of sp³-hybridized carbons (Fsp3) is 0.636. The predicted molar refractivity (Wildman–Crippen MR) is 63.1 cm³/mol. The minimum Gasteiger partial charge on any atom is -0.388 e. The number of anilines is 2. The normalized spacial score (nSPS) is 28.4. The molecule has 0 aromatic carbocycles. The Kier molecular flexibility index (Phi) is 2.31. The standard InChI is InChI=1S/C11H18N4O/c1-10(2)6-15(7-11(10,3)16)9-13-5-4-8(12)14-9/h4-5,16H,6-7H2,1-3H3,(H2,12,13,14)/t11-/m1/s1. The van der Waals surface area contributed by atoms with Gasteiger partial charge in [0.1, 0.15) is 5.82 Å². The van der Waals surface area contributed by atoms with Crippen molar-refractivity contribution in [3.63, 3.8) is 0 Å². The molecule has 0 bridgehead atoms. The van der Waals surface area contributed by atoms with Gasteiger partial charge in [0, 0.05) is 24.7 Å². The van der Waals surface area contributed by atoms with Crippen LogP contribution in [0.4, 0.5) is 11.8 Å². The summed E-state index contributed by atoms with van der Waals surface area (Å²) in [5.41, 5.74) is 4.71. The van der Waals surface area contributed by atoms with E-state index in [4.69, 9.17) is 5.73 Å². The van der Waals surface area contributed by atoms with Gasteiger partial charge in [-0.2, -0.15) is 4.98 Å². The Morgan fingerprint density at radius 2 is 2.06 bits per heavy atom. The van der Waals surface area contributed by atoms with Crippen LogP contribution in [-0.4, -0.2) is 33.8 Å². The van der Waals surface area contributed by atoms with Crippen molar-refractivity contribution in [2.45, 2.75) is 26.4 Å². The molecule has 0 saturated carbocycles. The summed E-state index contributed by atoms with van der Waals surface area (Å²) < 4.78 is 0. The number of nitrogens with two attached hydrogens (primary N) is 1. The van der Waals surface area contributed by atoms with Crippen molar-refractivity contribution in [3.8, 4) is 0 Å². The lowest BCUT2D eigenvalue weighted by molar-refractivity contribution is -0.00891. The first kappa shape index (κ1) is 11.1. The second kappa shape index (κ2) is 3.31. The second-order valence-corrected chi connectivity index (χ2v) is 5.30. The largest absolute Gasteiger partial charge is 0.388 e. The van der Waals surface area contributed by atoms with Gasteiger partial charge in [-0.1, -0.05) is 13.8 Å². The van der Waals surface area contributed by atoms with Gasteiger partial charge in [0.15, 0.2) is 0 Å². The zero-order chi connectivity index (χ0) is 12.0. The Morgan fingerprint density at radius 1 is 1.38 bits per heavy atom. The van der Waals surface area contributed by atoms with E-state index in [1.165, 1.54) is 0 Å². The van der Waals surface area contributed by atoms with Crippen molar-refractivity contribution in [1.82, 2.24) is 9.97 Å². The van der Waals surface area contributed by atoms with E-state index in [1.54, 1.807) is 12.3 Å². The smallest absolute Gasteiger partial charge is 0.227 e. The van der Waals surface area contributed by atoms with Crippen LogP contribution in [0.25, 0.3) is 0 Å².